The lowest BCUT2D eigenvalue weighted by atomic mass is 9.92. The number of allylic oxidation sites excluding steroid dienone is 1. The van der Waals surface area contributed by atoms with E-state index in [0.29, 0.717) is 6.10 Å². The van der Waals surface area contributed by atoms with Crippen LogP contribution in [0.4, 0.5) is 0 Å². The number of rotatable bonds is 2. The molecule has 1 nitrogen and oxygen atoms in total. The van der Waals surface area contributed by atoms with E-state index in [1.165, 1.54) is 4.48 Å². The van der Waals surface area contributed by atoms with Crippen molar-refractivity contribution in [1.82, 2.24) is 0 Å². The highest BCUT2D eigenvalue weighted by molar-refractivity contribution is 9.11. The largest absolute Gasteiger partial charge is 0.373 e. The maximum Gasteiger partial charge on any atom is 0.0920 e. The molecule has 0 N–H and O–H groups in total. The molecule has 11 heavy (non-hydrogen) atoms. The predicted octanol–water partition coefficient (Wildman–Crippen LogP) is 2.18. The molecule has 3 atom stereocenters. The molecule has 0 heterocycles. The fourth-order valence-electron chi connectivity index (χ4n) is 2.60. The van der Waals surface area contributed by atoms with Gasteiger partial charge in [0, 0.05) is 11.1 Å². The number of hydrogen-bond acceptors (Lipinski definition) is 1. The maximum absolute atomic E-state index is 5.65. The van der Waals surface area contributed by atoms with Crippen LogP contribution in [-0.4, -0.2) is 12.7 Å². The Morgan fingerprint density at radius 1 is 1.45 bits per heavy atom. The van der Waals surface area contributed by atoms with E-state index in [1.807, 2.05) is 0 Å². The van der Waals surface area contributed by atoms with Crippen molar-refractivity contribution in [3.8, 4) is 0 Å². The smallest absolute Gasteiger partial charge is 0.0920 e. The second-order valence-corrected chi connectivity index (χ2v) is 4.65. The van der Waals surface area contributed by atoms with Crippen LogP contribution in [-0.2, 0) is 4.74 Å². The highest BCUT2D eigenvalue weighted by atomic mass is 79.9. The van der Waals surface area contributed by atoms with Gasteiger partial charge >= 0.3 is 0 Å². The van der Waals surface area contributed by atoms with Crippen LogP contribution < -0.4 is 0 Å². The summed E-state index contributed by atoms with van der Waals surface area (Å²) in [4.78, 5) is 0. The van der Waals surface area contributed by atoms with Crippen LogP contribution in [0.1, 0.15) is 6.92 Å². The van der Waals surface area contributed by atoms with E-state index < -0.39 is 0 Å². The first-order valence-corrected chi connectivity index (χ1v) is 5.12. The van der Waals surface area contributed by atoms with E-state index in [-0.39, 0.29) is 0 Å². The first-order chi connectivity index (χ1) is 5.34. The molecule has 0 aliphatic heterocycles. The van der Waals surface area contributed by atoms with Gasteiger partial charge in [-0.25, -0.2) is 0 Å². The molecule has 0 aromatic rings. The number of ether oxygens (including phenoxy) is 1. The van der Waals surface area contributed by atoms with E-state index in [0.717, 1.165) is 30.3 Å². The standard InChI is InChI=1S/C9H11BrO/c1-2-11-9-5(10)3-4-6-7(4)8(6)9/h3-4,6-9H,2H2,1H3. The maximum atomic E-state index is 5.65. The van der Waals surface area contributed by atoms with Crippen LogP contribution in [0, 0.1) is 23.7 Å². The van der Waals surface area contributed by atoms with Crippen LogP contribution in [0.2, 0.25) is 0 Å². The quantitative estimate of drug-likeness (QED) is 0.685. The summed E-state index contributed by atoms with van der Waals surface area (Å²) in [7, 11) is 0. The molecule has 0 aromatic carbocycles. The molecular formula is C9H11BrO. The van der Waals surface area contributed by atoms with Gasteiger partial charge in [-0.2, -0.15) is 0 Å². The second kappa shape index (κ2) is 1.91. The molecule has 2 heteroatoms. The van der Waals surface area contributed by atoms with Gasteiger partial charge in [0.25, 0.3) is 0 Å². The van der Waals surface area contributed by atoms with Crippen molar-refractivity contribution in [3.05, 3.63) is 10.6 Å². The lowest BCUT2D eigenvalue weighted by molar-refractivity contribution is 0.0552. The zero-order valence-corrected chi connectivity index (χ0v) is 8.04. The third-order valence-corrected chi connectivity index (χ3v) is 3.98. The molecule has 0 radical (unpaired) electrons. The molecule has 4 aliphatic rings. The Labute approximate surface area is 74.9 Å². The van der Waals surface area contributed by atoms with Crippen LogP contribution in [0.5, 0.6) is 0 Å². The van der Waals surface area contributed by atoms with Crippen molar-refractivity contribution in [2.45, 2.75) is 13.0 Å². The summed E-state index contributed by atoms with van der Waals surface area (Å²) in [6.45, 7) is 2.91. The van der Waals surface area contributed by atoms with Gasteiger partial charge < -0.3 is 4.74 Å². The van der Waals surface area contributed by atoms with Gasteiger partial charge in [-0.1, -0.05) is 22.0 Å². The highest BCUT2D eigenvalue weighted by Crippen LogP contribution is 2.78. The summed E-state index contributed by atoms with van der Waals surface area (Å²) in [6.07, 6.45) is 2.77. The van der Waals surface area contributed by atoms with Gasteiger partial charge in [0.15, 0.2) is 0 Å². The molecule has 4 rings (SSSR count). The molecule has 4 aliphatic carbocycles. The van der Waals surface area contributed by atoms with Crippen molar-refractivity contribution in [1.29, 1.82) is 0 Å². The topological polar surface area (TPSA) is 9.23 Å². The average Bonchev–Trinajstić information content (AvgIpc) is 2.81. The van der Waals surface area contributed by atoms with Crippen molar-refractivity contribution in [2.24, 2.45) is 23.7 Å². The van der Waals surface area contributed by atoms with Gasteiger partial charge in [-0.3, -0.25) is 0 Å². The van der Waals surface area contributed by atoms with Gasteiger partial charge in [-0.05, 0) is 30.6 Å². The first-order valence-electron chi connectivity index (χ1n) is 4.33. The van der Waals surface area contributed by atoms with Gasteiger partial charge in [0.1, 0.15) is 0 Å². The van der Waals surface area contributed by atoms with Gasteiger partial charge in [-0.15, -0.1) is 0 Å². The minimum Gasteiger partial charge on any atom is -0.373 e. The minimum absolute atomic E-state index is 0.417. The summed E-state index contributed by atoms with van der Waals surface area (Å²) in [5.74, 6) is 3.87. The van der Waals surface area contributed by atoms with Crippen LogP contribution in [0.25, 0.3) is 0 Å². The average molecular weight is 215 g/mol. The summed E-state index contributed by atoms with van der Waals surface area (Å²) >= 11 is 3.58. The number of halogens is 1. The molecule has 0 aromatic heterocycles. The first kappa shape index (κ1) is 6.67. The fraction of sp³-hybridized carbons (Fsp3) is 0.778. The van der Waals surface area contributed by atoms with Gasteiger partial charge in [0.2, 0.25) is 0 Å². The predicted molar refractivity (Wildman–Crippen MR) is 46.4 cm³/mol. The summed E-state index contributed by atoms with van der Waals surface area (Å²) in [5, 5.41) is 0. The van der Waals surface area contributed by atoms with Crippen molar-refractivity contribution < 1.29 is 4.74 Å². The van der Waals surface area contributed by atoms with Gasteiger partial charge in [0.05, 0.1) is 6.10 Å². The normalized spacial score (nSPS) is 56.5. The molecular weight excluding hydrogens is 204 g/mol. The monoisotopic (exact) mass is 214 g/mol. The molecule has 2 bridgehead atoms. The molecule has 0 spiro atoms. The van der Waals surface area contributed by atoms with Crippen LogP contribution in [0.15, 0.2) is 10.6 Å². The summed E-state index contributed by atoms with van der Waals surface area (Å²) in [5.41, 5.74) is 0. The molecule has 60 valence electrons. The molecule has 0 amide bonds. The van der Waals surface area contributed by atoms with E-state index in [1.54, 1.807) is 0 Å². The molecule has 3 unspecified atom stereocenters. The Kier molecular flexibility index (Phi) is 1.16. The summed E-state index contributed by atoms with van der Waals surface area (Å²) < 4.78 is 6.96. The lowest BCUT2D eigenvalue weighted by Gasteiger charge is -2.26. The SMILES string of the molecule is CCOC1C(Br)=CC2C3C1C23. The summed E-state index contributed by atoms with van der Waals surface area (Å²) in [6, 6.07) is 0. The van der Waals surface area contributed by atoms with E-state index in [9.17, 15) is 0 Å². The Morgan fingerprint density at radius 3 is 2.82 bits per heavy atom. The number of hydrogen-bond donors (Lipinski definition) is 0. The van der Waals surface area contributed by atoms with Crippen LogP contribution in [0.3, 0.4) is 0 Å². The Morgan fingerprint density at radius 2 is 2.18 bits per heavy atom. The Hall–Kier alpha value is 0.180. The zero-order chi connectivity index (χ0) is 7.59. The molecule has 2 saturated carbocycles. The van der Waals surface area contributed by atoms with E-state index in [4.69, 9.17) is 4.74 Å². The highest BCUT2D eigenvalue weighted by Gasteiger charge is 2.76. The minimum atomic E-state index is 0.417. The van der Waals surface area contributed by atoms with Crippen LogP contribution >= 0.6 is 15.9 Å². The Bertz CT molecular complexity index is 226. The molecule has 0 saturated heterocycles. The van der Waals surface area contributed by atoms with E-state index >= 15 is 0 Å². The Balaban J connectivity index is 1.82. The third kappa shape index (κ3) is 0.701. The second-order valence-electron chi connectivity index (χ2n) is 3.74. The lowest BCUT2D eigenvalue weighted by Crippen LogP contribution is -2.26. The van der Waals surface area contributed by atoms with E-state index in [2.05, 4.69) is 28.9 Å². The number of fused-ring (bicyclic) bond motifs is 1. The third-order valence-electron chi connectivity index (χ3n) is 3.26. The van der Waals surface area contributed by atoms with Crippen molar-refractivity contribution in [2.75, 3.05) is 6.61 Å². The van der Waals surface area contributed by atoms with Crippen molar-refractivity contribution in [3.63, 3.8) is 0 Å². The zero-order valence-electron chi connectivity index (χ0n) is 6.46. The fourth-order valence-corrected chi connectivity index (χ4v) is 3.34. The van der Waals surface area contributed by atoms with Crippen molar-refractivity contribution >= 4 is 15.9 Å². The molecule has 2 fully saturated rings.